The molecule has 0 aromatic heterocycles. The highest BCUT2D eigenvalue weighted by Crippen LogP contribution is 2.30. The van der Waals surface area contributed by atoms with E-state index in [2.05, 4.69) is 5.32 Å². The van der Waals surface area contributed by atoms with E-state index >= 15 is 0 Å². The summed E-state index contributed by atoms with van der Waals surface area (Å²) in [5, 5.41) is 3.86. The first-order chi connectivity index (χ1) is 9.42. The largest absolute Gasteiger partial charge is 0.309 e. The van der Waals surface area contributed by atoms with E-state index in [1.807, 2.05) is 52.1 Å². The maximum atomic E-state index is 14.4. The molecule has 0 bridgehead atoms. The first-order valence-corrected chi connectivity index (χ1v) is 7.01. The zero-order valence-electron chi connectivity index (χ0n) is 12.2. The van der Waals surface area contributed by atoms with E-state index in [4.69, 9.17) is 11.6 Å². The highest BCUT2D eigenvalue weighted by Gasteiger charge is 2.19. The number of hydrogen-bond donors (Lipinski definition) is 1. The van der Waals surface area contributed by atoms with Crippen LogP contribution in [0.25, 0.3) is 0 Å². The van der Waals surface area contributed by atoms with Gasteiger partial charge in [0.05, 0.1) is 6.04 Å². The molecule has 0 aliphatic carbocycles. The summed E-state index contributed by atoms with van der Waals surface area (Å²) in [6, 6.07) is 9.19. The predicted octanol–water partition coefficient (Wildman–Crippen LogP) is 4.71. The Morgan fingerprint density at radius 3 is 2.20 bits per heavy atom. The van der Waals surface area contributed by atoms with Gasteiger partial charge in [0, 0.05) is 10.6 Å². The van der Waals surface area contributed by atoms with Crippen LogP contribution in [0.3, 0.4) is 0 Å². The van der Waals surface area contributed by atoms with Gasteiger partial charge in [-0.1, -0.05) is 23.7 Å². The fourth-order valence-corrected chi connectivity index (χ4v) is 3.00. The lowest BCUT2D eigenvalue weighted by Gasteiger charge is -2.21. The average molecular weight is 292 g/mol. The Labute approximate surface area is 124 Å². The Bertz CT molecular complexity index is 594. The fraction of sp³-hybridized carbons (Fsp3) is 0.294. The van der Waals surface area contributed by atoms with E-state index in [0.717, 1.165) is 22.3 Å². The molecular formula is C17H19ClFN. The van der Waals surface area contributed by atoms with Gasteiger partial charge in [0.2, 0.25) is 0 Å². The molecule has 0 spiro atoms. The third-order valence-corrected chi connectivity index (χ3v) is 3.67. The van der Waals surface area contributed by atoms with E-state index in [0.29, 0.717) is 10.6 Å². The molecule has 1 N–H and O–H groups in total. The Balaban J connectivity index is 2.58. The fourth-order valence-electron chi connectivity index (χ4n) is 2.70. The van der Waals surface area contributed by atoms with Crippen LogP contribution in [0.2, 0.25) is 5.02 Å². The first kappa shape index (κ1) is 15.0. The van der Waals surface area contributed by atoms with Crippen LogP contribution in [0.1, 0.15) is 33.9 Å². The Morgan fingerprint density at radius 2 is 1.65 bits per heavy atom. The number of benzene rings is 2. The molecule has 0 heterocycles. The van der Waals surface area contributed by atoms with Gasteiger partial charge in [-0.25, -0.2) is 4.39 Å². The monoisotopic (exact) mass is 291 g/mol. The van der Waals surface area contributed by atoms with Crippen LogP contribution in [0, 0.1) is 26.6 Å². The number of aryl methyl sites for hydroxylation is 3. The maximum Gasteiger partial charge on any atom is 0.128 e. The second-order valence-electron chi connectivity index (χ2n) is 5.26. The standard InChI is InChI=1S/C17H19ClFN/c1-10-5-12(3)16(15(19)8-10)17(20-4)13-6-11(2)7-14(18)9-13/h5-9,17,20H,1-4H3. The molecule has 3 heteroatoms. The van der Waals surface area contributed by atoms with Gasteiger partial charge >= 0.3 is 0 Å². The lowest BCUT2D eigenvalue weighted by atomic mass is 9.92. The minimum absolute atomic E-state index is 0.181. The van der Waals surface area contributed by atoms with Crippen molar-refractivity contribution in [2.24, 2.45) is 0 Å². The van der Waals surface area contributed by atoms with Crippen LogP contribution in [-0.4, -0.2) is 7.05 Å². The molecule has 2 rings (SSSR count). The van der Waals surface area contributed by atoms with Gasteiger partial charge in [0.25, 0.3) is 0 Å². The SMILES string of the molecule is CNC(c1cc(C)cc(Cl)c1)c1c(C)cc(C)cc1F. The van der Waals surface area contributed by atoms with Crippen molar-refractivity contribution in [2.75, 3.05) is 7.05 Å². The second kappa shape index (κ2) is 5.94. The summed E-state index contributed by atoms with van der Waals surface area (Å²) in [6.07, 6.45) is 0. The van der Waals surface area contributed by atoms with E-state index in [9.17, 15) is 4.39 Å². The molecule has 0 saturated heterocycles. The topological polar surface area (TPSA) is 12.0 Å². The van der Waals surface area contributed by atoms with Crippen molar-refractivity contribution in [3.05, 3.63) is 69.0 Å². The minimum atomic E-state index is -0.201. The third kappa shape index (κ3) is 3.02. The Hall–Kier alpha value is -1.38. The summed E-state index contributed by atoms with van der Waals surface area (Å²) in [5.41, 5.74) is 4.60. The van der Waals surface area contributed by atoms with Crippen molar-refractivity contribution >= 4 is 11.6 Å². The van der Waals surface area contributed by atoms with Crippen LogP contribution in [-0.2, 0) is 0 Å². The number of hydrogen-bond acceptors (Lipinski definition) is 1. The van der Waals surface area contributed by atoms with Crippen molar-refractivity contribution in [1.82, 2.24) is 5.32 Å². The average Bonchev–Trinajstić information content (AvgIpc) is 2.32. The zero-order valence-corrected chi connectivity index (χ0v) is 13.0. The molecule has 0 aliphatic heterocycles. The summed E-state index contributed by atoms with van der Waals surface area (Å²) in [4.78, 5) is 0. The molecule has 0 fully saturated rings. The highest BCUT2D eigenvalue weighted by atomic mass is 35.5. The normalized spacial score (nSPS) is 12.5. The molecule has 2 aromatic rings. The second-order valence-corrected chi connectivity index (χ2v) is 5.70. The van der Waals surface area contributed by atoms with Crippen LogP contribution in [0.4, 0.5) is 4.39 Å². The van der Waals surface area contributed by atoms with Gasteiger partial charge in [0.15, 0.2) is 0 Å². The molecule has 2 aromatic carbocycles. The van der Waals surface area contributed by atoms with Crippen LogP contribution in [0.15, 0.2) is 30.3 Å². The van der Waals surface area contributed by atoms with Crippen molar-refractivity contribution in [3.8, 4) is 0 Å². The summed E-state index contributed by atoms with van der Waals surface area (Å²) in [5.74, 6) is -0.181. The quantitative estimate of drug-likeness (QED) is 0.863. The molecule has 0 radical (unpaired) electrons. The minimum Gasteiger partial charge on any atom is -0.309 e. The molecule has 1 unspecified atom stereocenters. The molecule has 0 saturated carbocycles. The summed E-state index contributed by atoms with van der Waals surface area (Å²) in [7, 11) is 1.83. The van der Waals surface area contributed by atoms with E-state index in [-0.39, 0.29) is 11.9 Å². The van der Waals surface area contributed by atoms with Gasteiger partial charge in [-0.2, -0.15) is 0 Å². The predicted molar refractivity (Wildman–Crippen MR) is 83.0 cm³/mol. The lowest BCUT2D eigenvalue weighted by molar-refractivity contribution is 0.572. The van der Waals surface area contributed by atoms with Gasteiger partial charge < -0.3 is 5.32 Å². The van der Waals surface area contributed by atoms with Gasteiger partial charge in [-0.05, 0) is 68.3 Å². The first-order valence-electron chi connectivity index (χ1n) is 6.63. The molecule has 0 aliphatic rings. The summed E-state index contributed by atoms with van der Waals surface area (Å²) < 4.78 is 14.4. The highest BCUT2D eigenvalue weighted by molar-refractivity contribution is 6.30. The van der Waals surface area contributed by atoms with Crippen LogP contribution in [0.5, 0.6) is 0 Å². The molecule has 1 atom stereocenters. The molecular weight excluding hydrogens is 273 g/mol. The summed E-state index contributed by atoms with van der Waals surface area (Å²) in [6.45, 7) is 5.82. The van der Waals surface area contributed by atoms with E-state index in [1.165, 1.54) is 0 Å². The Morgan fingerprint density at radius 1 is 1.00 bits per heavy atom. The van der Waals surface area contributed by atoms with Crippen molar-refractivity contribution < 1.29 is 4.39 Å². The number of nitrogens with one attached hydrogen (secondary N) is 1. The Kier molecular flexibility index (Phi) is 4.46. The van der Waals surface area contributed by atoms with Crippen LogP contribution < -0.4 is 5.32 Å². The molecule has 0 amide bonds. The maximum absolute atomic E-state index is 14.4. The van der Waals surface area contributed by atoms with Crippen molar-refractivity contribution in [3.63, 3.8) is 0 Å². The van der Waals surface area contributed by atoms with Crippen LogP contribution >= 0.6 is 11.6 Å². The van der Waals surface area contributed by atoms with Gasteiger partial charge in [-0.15, -0.1) is 0 Å². The lowest BCUT2D eigenvalue weighted by Crippen LogP contribution is -2.20. The van der Waals surface area contributed by atoms with Gasteiger partial charge in [-0.3, -0.25) is 0 Å². The molecule has 20 heavy (non-hydrogen) atoms. The van der Waals surface area contributed by atoms with Gasteiger partial charge in [0.1, 0.15) is 5.82 Å². The van der Waals surface area contributed by atoms with E-state index < -0.39 is 0 Å². The molecule has 1 nitrogen and oxygen atoms in total. The zero-order chi connectivity index (χ0) is 14.9. The summed E-state index contributed by atoms with van der Waals surface area (Å²) >= 11 is 6.12. The van der Waals surface area contributed by atoms with Crippen molar-refractivity contribution in [2.45, 2.75) is 26.8 Å². The third-order valence-electron chi connectivity index (χ3n) is 3.46. The van der Waals surface area contributed by atoms with E-state index in [1.54, 1.807) is 6.07 Å². The number of halogens is 2. The van der Waals surface area contributed by atoms with Crippen molar-refractivity contribution in [1.29, 1.82) is 0 Å². The molecule has 106 valence electrons. The smallest absolute Gasteiger partial charge is 0.128 e. The number of rotatable bonds is 3.